The van der Waals surface area contributed by atoms with Gasteiger partial charge < -0.3 is 47.2 Å². The molecule has 4 saturated heterocycles. The van der Waals surface area contributed by atoms with Crippen LogP contribution in [0.2, 0.25) is 0 Å². The molecule has 640 valence electrons. The second-order valence-electron chi connectivity index (χ2n) is 34.4. The Morgan fingerprint density at radius 3 is 0.984 bits per heavy atom. The highest BCUT2D eigenvalue weighted by molar-refractivity contribution is 5.71. The van der Waals surface area contributed by atoms with Gasteiger partial charge >= 0.3 is 0 Å². The third kappa shape index (κ3) is 17.6. The molecule has 0 aromatic carbocycles. The smallest absolute Gasteiger partial charge is 0.258 e. The van der Waals surface area contributed by atoms with E-state index in [1.807, 2.05) is 144 Å². The fourth-order valence-corrected chi connectivity index (χ4v) is 18.6. The molecule has 16 aromatic heterocycles. The Bertz CT molecular complexity index is 6920. The first-order valence-corrected chi connectivity index (χ1v) is 44.3. The van der Waals surface area contributed by atoms with Crippen molar-refractivity contribution in [1.29, 1.82) is 0 Å². The summed E-state index contributed by atoms with van der Waals surface area (Å²) in [5.41, 5.74) is 26.1. The van der Waals surface area contributed by atoms with E-state index < -0.39 is 0 Å². The monoisotopic (exact) mass is 1660 g/mol. The van der Waals surface area contributed by atoms with E-state index in [1.54, 1.807) is 41.9 Å². The van der Waals surface area contributed by atoms with Crippen LogP contribution in [0.4, 0.5) is 5.69 Å². The number of aryl methyl sites for hydroxylation is 8. The first-order chi connectivity index (χ1) is 60.0. The van der Waals surface area contributed by atoms with Crippen LogP contribution in [-0.4, -0.2) is 199 Å². The number of likely N-dealkylation sites (N-methyl/N-ethyl adjacent to an activating group) is 1. The number of piperazine rings is 1. The molecule has 20 rings (SSSR count). The highest BCUT2D eigenvalue weighted by atomic mass is 16.3. The average molecular weight is 1670 g/mol. The molecule has 0 spiro atoms. The Labute approximate surface area is 721 Å². The molecule has 4 aliphatic heterocycles. The number of hydrogen-bond donors (Lipinski definition) is 1. The van der Waals surface area contributed by atoms with Crippen LogP contribution in [0.1, 0.15) is 160 Å². The first kappa shape index (κ1) is 84.0. The number of aromatic nitrogens is 16. The van der Waals surface area contributed by atoms with Gasteiger partial charge in [0.2, 0.25) is 0 Å². The lowest BCUT2D eigenvalue weighted by Gasteiger charge is -2.39. The van der Waals surface area contributed by atoms with Crippen molar-refractivity contribution >= 4 is 50.9 Å². The summed E-state index contributed by atoms with van der Waals surface area (Å²) in [6.07, 6.45) is 34.1. The molecule has 124 heavy (non-hydrogen) atoms. The fourth-order valence-electron chi connectivity index (χ4n) is 18.6. The summed E-state index contributed by atoms with van der Waals surface area (Å²) in [6, 6.07) is 31.8. The van der Waals surface area contributed by atoms with Crippen molar-refractivity contribution in [2.75, 3.05) is 97.6 Å². The number of β-amino-alcohol motifs (C(OH)–C–C–N with tert-alkyl or cyclic N) is 1. The second kappa shape index (κ2) is 35.9. The van der Waals surface area contributed by atoms with E-state index in [0.717, 1.165) is 232 Å². The number of fused-ring (bicyclic) bond motifs is 8. The largest absolute Gasteiger partial charge is 0.395 e. The number of pyridine rings is 8. The molecular formula is C98H113N21O5. The molecule has 4 fully saturated rings. The molecule has 0 saturated carbocycles. The van der Waals surface area contributed by atoms with Crippen LogP contribution >= 0.6 is 0 Å². The number of anilines is 1. The molecule has 4 aliphatic rings. The van der Waals surface area contributed by atoms with Gasteiger partial charge in [-0.3, -0.25) is 36.8 Å². The zero-order valence-corrected chi connectivity index (χ0v) is 73.5. The fraction of sp³-hybridized carbons (Fsp3) is 0.388. The van der Waals surface area contributed by atoms with Crippen LogP contribution in [0.5, 0.6) is 0 Å². The zero-order valence-electron chi connectivity index (χ0n) is 73.5. The minimum atomic E-state index is -0.0658. The average Bonchev–Trinajstić information content (AvgIpc) is 1.33. The Morgan fingerprint density at radius 2 is 0.669 bits per heavy atom. The molecule has 1 atom stereocenters. The molecule has 0 bridgehead atoms. The molecule has 0 unspecified atom stereocenters. The van der Waals surface area contributed by atoms with E-state index in [9.17, 15) is 19.2 Å². The maximum absolute atomic E-state index is 13.0. The van der Waals surface area contributed by atoms with Gasteiger partial charge in [0.25, 0.3) is 22.2 Å². The summed E-state index contributed by atoms with van der Waals surface area (Å²) >= 11 is 0. The summed E-state index contributed by atoms with van der Waals surface area (Å²) in [5.74, 6) is 1.45. The number of likely N-dealkylation sites (tertiary alicyclic amines) is 3. The molecule has 1 N–H and O–H groups in total. The van der Waals surface area contributed by atoms with Gasteiger partial charge in [-0.25, -0.2) is 39.9 Å². The van der Waals surface area contributed by atoms with Crippen LogP contribution < -0.4 is 27.1 Å². The maximum atomic E-state index is 13.0. The Kier molecular flexibility index (Phi) is 24.4. The van der Waals surface area contributed by atoms with Crippen molar-refractivity contribution in [2.24, 2.45) is 0 Å². The summed E-state index contributed by atoms with van der Waals surface area (Å²) in [6.45, 7) is 32.3. The van der Waals surface area contributed by atoms with E-state index in [2.05, 4.69) is 149 Å². The molecule has 0 aliphatic carbocycles. The SMILES string of the molecule is CCc1cc(-c2cc(=O)n3cc(C4CCN(C)CC4)ccc3n2)cn2cc(C)nc12.CCc1cc(-c2cc(=O)n3cc(C4CCN(CC)CC4)ccc3n2)cn2cc(C)nc12.CCc1cc(-c2cc(=O)n3cc(C4CCN(CCO)CC4)ccc3n2)cn2cc(C)nc12.CCc1cc(-c2cc(=O)n3cc(N4CCN(C)[C@H](C)C4)ccc3n2)cn2cc(C)nc12. The summed E-state index contributed by atoms with van der Waals surface area (Å²) < 4.78 is 14.9. The molecule has 26 nitrogen and oxygen atoms in total. The van der Waals surface area contributed by atoms with E-state index in [0.29, 0.717) is 69.2 Å². The summed E-state index contributed by atoms with van der Waals surface area (Å²) in [7, 11) is 4.32. The van der Waals surface area contributed by atoms with E-state index in [-0.39, 0.29) is 28.8 Å². The Hall–Kier alpha value is -12.2. The van der Waals surface area contributed by atoms with E-state index in [1.165, 1.54) is 16.7 Å². The number of imidazole rings is 4. The van der Waals surface area contributed by atoms with Gasteiger partial charge in [-0.15, -0.1) is 0 Å². The van der Waals surface area contributed by atoms with Crippen molar-refractivity contribution in [2.45, 2.75) is 157 Å². The van der Waals surface area contributed by atoms with Crippen molar-refractivity contribution in [3.8, 4) is 45.0 Å². The van der Waals surface area contributed by atoms with Crippen LogP contribution in [0, 0.1) is 27.7 Å². The van der Waals surface area contributed by atoms with Gasteiger partial charge in [-0.1, -0.05) is 52.8 Å². The van der Waals surface area contributed by atoms with Gasteiger partial charge in [0.1, 0.15) is 45.2 Å². The van der Waals surface area contributed by atoms with Crippen LogP contribution in [0.25, 0.3) is 90.2 Å². The molecule has 0 radical (unpaired) electrons. The molecular weight excluding hydrogens is 1550 g/mol. The minimum Gasteiger partial charge on any atom is -0.395 e. The third-order valence-corrected chi connectivity index (χ3v) is 25.9. The van der Waals surface area contributed by atoms with E-state index >= 15 is 0 Å². The van der Waals surface area contributed by atoms with E-state index in [4.69, 9.17) is 25.0 Å². The van der Waals surface area contributed by atoms with Gasteiger partial charge in [0.15, 0.2) is 0 Å². The topological polar surface area (TPSA) is 243 Å². The number of aliphatic hydroxyl groups is 1. The van der Waals surface area contributed by atoms with Crippen molar-refractivity contribution < 1.29 is 5.11 Å². The number of rotatable bonds is 15. The zero-order chi connectivity index (χ0) is 86.3. The van der Waals surface area contributed by atoms with Gasteiger partial charge in [-0.2, -0.15) is 0 Å². The standard InChI is InChI=1S/C25H29N5O2.C25H29N5O.C24H28N6O.C24H27N5O/c1-3-18-12-21(15-29-14-17(2)26-25(18)29)22-13-24(32)30-16-20(4-5-23(30)27-22)19-6-8-28(9-7-19)10-11-31;1-4-18-12-21(15-29-14-17(3)26-25(18)29)22-13-24(31)30-16-20(6-7-23(30)27-22)19-8-10-28(5-2)11-9-19;1-5-18-10-19(14-29-12-16(2)25-24(18)29)21-11-23(31)30-15-20(6-7-22(30)26-21)28-9-8-27(4)17(3)13-28;1-4-17-11-20(14-28-13-16(2)25-24(17)28)21-12-23(30)29-15-19(5-6-22(29)26-21)18-7-9-27(3)10-8-18/h4-5,12-16,19,31H,3,6-11H2,1-2H3;6-7,12-16,19H,4-5,8-11H2,1-3H3;6-7,10-12,14-15,17H,5,8-9,13H2,1-4H3;5-6,11-15,18H,4,7-10H2,1-3H3/t;;17-;/m..1./s1. The predicted molar refractivity (Wildman–Crippen MR) is 492 cm³/mol. The molecule has 20 heterocycles. The van der Waals surface area contributed by atoms with Crippen molar-refractivity contribution in [1.82, 2.24) is 94.7 Å². The third-order valence-electron chi connectivity index (χ3n) is 25.9. The highest BCUT2D eigenvalue weighted by Gasteiger charge is 2.27. The quantitative estimate of drug-likeness (QED) is 0.100. The predicted octanol–water partition coefficient (Wildman–Crippen LogP) is 13.8. The molecule has 26 heteroatoms. The van der Waals surface area contributed by atoms with Crippen LogP contribution in [0.15, 0.2) is 191 Å². The lowest BCUT2D eigenvalue weighted by molar-refractivity contribution is 0.164. The van der Waals surface area contributed by atoms with Crippen molar-refractivity contribution in [3.63, 3.8) is 0 Å². The Morgan fingerprint density at radius 1 is 0.355 bits per heavy atom. The number of hydrogen-bond acceptors (Lipinski definition) is 18. The molecule has 0 amide bonds. The second-order valence-corrected chi connectivity index (χ2v) is 34.4. The summed E-state index contributed by atoms with van der Waals surface area (Å²) in [5, 5.41) is 9.15. The van der Waals surface area contributed by atoms with Crippen LogP contribution in [0.3, 0.4) is 0 Å². The lowest BCUT2D eigenvalue weighted by Crippen LogP contribution is -2.50. The van der Waals surface area contributed by atoms with Crippen molar-refractivity contribution in [3.05, 3.63) is 275 Å². The highest BCUT2D eigenvalue weighted by Crippen LogP contribution is 2.34. The van der Waals surface area contributed by atoms with Crippen LogP contribution in [-0.2, 0) is 25.7 Å². The lowest BCUT2D eigenvalue weighted by atomic mass is 9.90. The summed E-state index contributed by atoms with van der Waals surface area (Å²) in [4.78, 5) is 102. The maximum Gasteiger partial charge on any atom is 0.258 e. The minimum absolute atomic E-state index is 0.0344. The van der Waals surface area contributed by atoms with Gasteiger partial charge in [0, 0.05) is 153 Å². The van der Waals surface area contributed by atoms with Gasteiger partial charge in [-0.05, 0) is 270 Å². The molecule has 16 aromatic rings. The number of aliphatic hydroxyl groups excluding tert-OH is 1. The Balaban J connectivity index is 0.000000117. The number of nitrogens with zero attached hydrogens (tertiary/aromatic N) is 21. The number of piperidine rings is 3. The normalized spacial score (nSPS) is 16.3. The first-order valence-electron chi connectivity index (χ1n) is 44.3. The van der Waals surface area contributed by atoms with Gasteiger partial charge in [0.05, 0.1) is 57.8 Å².